The summed E-state index contributed by atoms with van der Waals surface area (Å²) in [6, 6.07) is 23.1. The van der Waals surface area contributed by atoms with Gasteiger partial charge in [-0.2, -0.15) is 5.26 Å². The molecule has 0 bridgehead atoms. The van der Waals surface area contributed by atoms with Crippen molar-refractivity contribution in [3.8, 4) is 11.8 Å². The third-order valence-electron chi connectivity index (χ3n) is 5.11. The van der Waals surface area contributed by atoms with Crippen molar-refractivity contribution >= 4 is 34.0 Å². The number of allylic oxidation sites excluding steroid dienone is 1. The van der Waals surface area contributed by atoms with Gasteiger partial charge < -0.3 is 4.57 Å². The number of aryl methyl sites for hydroxylation is 1. The second-order valence-electron chi connectivity index (χ2n) is 6.99. The molecule has 1 aromatic heterocycles. The molecule has 4 aromatic rings. The first-order valence-electron chi connectivity index (χ1n) is 9.23. The van der Waals surface area contributed by atoms with Gasteiger partial charge in [0.05, 0.1) is 16.7 Å². The number of fused-ring (bicyclic) bond motifs is 1. The zero-order chi connectivity index (χ0) is 20.5. The Bertz CT molecular complexity index is 1310. The predicted molar refractivity (Wildman–Crippen MR) is 118 cm³/mol. The molecule has 3 aromatic carbocycles. The van der Waals surface area contributed by atoms with Crippen LogP contribution in [0.4, 0.5) is 4.39 Å². The van der Waals surface area contributed by atoms with E-state index in [1.807, 2.05) is 67.0 Å². The highest BCUT2D eigenvalue weighted by atomic mass is 35.5. The summed E-state index contributed by atoms with van der Waals surface area (Å²) in [6.07, 6.45) is 1.90. The van der Waals surface area contributed by atoms with Crippen molar-refractivity contribution in [2.75, 3.05) is 0 Å². The Hall–Kier alpha value is -3.35. The van der Waals surface area contributed by atoms with Gasteiger partial charge in [-0.05, 0) is 72.2 Å². The highest BCUT2D eigenvalue weighted by Gasteiger charge is 2.12. The lowest BCUT2D eigenvalue weighted by Gasteiger charge is -2.10. The normalized spacial score (nSPS) is 11.6. The van der Waals surface area contributed by atoms with Crippen molar-refractivity contribution in [2.24, 2.45) is 0 Å². The van der Waals surface area contributed by atoms with Crippen molar-refractivity contribution in [3.63, 3.8) is 0 Å². The van der Waals surface area contributed by atoms with Crippen LogP contribution in [-0.4, -0.2) is 4.57 Å². The molecule has 29 heavy (non-hydrogen) atoms. The molecule has 0 unspecified atom stereocenters. The van der Waals surface area contributed by atoms with Crippen LogP contribution >= 0.6 is 11.6 Å². The van der Waals surface area contributed by atoms with E-state index in [1.54, 1.807) is 12.1 Å². The van der Waals surface area contributed by atoms with Gasteiger partial charge in [-0.15, -0.1) is 0 Å². The van der Waals surface area contributed by atoms with Crippen LogP contribution in [0, 0.1) is 31.0 Å². The molecule has 0 saturated heterocycles. The van der Waals surface area contributed by atoms with Crippen molar-refractivity contribution in [3.05, 3.63) is 100 Å². The average molecular weight is 401 g/mol. The molecule has 0 amide bonds. The molecular weight excluding hydrogens is 383 g/mol. The smallest absolute Gasteiger partial charge is 0.141 e. The fourth-order valence-electron chi connectivity index (χ4n) is 3.65. The molecule has 0 aliphatic heterocycles. The van der Waals surface area contributed by atoms with E-state index in [-0.39, 0.29) is 5.02 Å². The maximum atomic E-state index is 13.6. The summed E-state index contributed by atoms with van der Waals surface area (Å²) in [4.78, 5) is 0. The molecule has 4 heteroatoms. The minimum absolute atomic E-state index is 0.0842. The molecule has 1 heterocycles. The molecule has 0 aliphatic rings. The topological polar surface area (TPSA) is 28.7 Å². The Kier molecular flexibility index (Phi) is 4.96. The molecule has 0 N–H and O–H groups in total. The molecule has 0 fully saturated rings. The van der Waals surface area contributed by atoms with Gasteiger partial charge >= 0.3 is 0 Å². The van der Waals surface area contributed by atoms with Gasteiger partial charge in [-0.1, -0.05) is 48.0 Å². The van der Waals surface area contributed by atoms with Crippen molar-refractivity contribution in [2.45, 2.75) is 13.8 Å². The van der Waals surface area contributed by atoms with E-state index in [0.29, 0.717) is 5.57 Å². The van der Waals surface area contributed by atoms with Gasteiger partial charge in [-0.3, -0.25) is 0 Å². The number of hydrogen-bond acceptors (Lipinski definition) is 1. The molecule has 0 atom stereocenters. The summed E-state index contributed by atoms with van der Waals surface area (Å²) in [7, 11) is 0. The Morgan fingerprint density at radius 3 is 2.48 bits per heavy atom. The Labute approximate surface area is 174 Å². The lowest BCUT2D eigenvalue weighted by molar-refractivity contribution is 0.627. The number of aromatic nitrogens is 1. The fraction of sp³-hybridized carbons (Fsp3) is 0.0800. The van der Waals surface area contributed by atoms with E-state index in [2.05, 4.69) is 12.1 Å². The van der Waals surface area contributed by atoms with E-state index in [0.717, 1.165) is 39.0 Å². The maximum Gasteiger partial charge on any atom is 0.141 e. The molecular formula is C25H18ClFN2. The highest BCUT2D eigenvalue weighted by Crippen LogP contribution is 2.28. The van der Waals surface area contributed by atoms with Gasteiger partial charge in [0, 0.05) is 17.1 Å². The molecule has 2 nitrogen and oxygen atoms in total. The summed E-state index contributed by atoms with van der Waals surface area (Å²) in [5.41, 5.74) is 5.13. The van der Waals surface area contributed by atoms with E-state index < -0.39 is 5.82 Å². The second kappa shape index (κ2) is 7.58. The van der Waals surface area contributed by atoms with Gasteiger partial charge in [0.25, 0.3) is 0 Å². The first-order valence-corrected chi connectivity index (χ1v) is 9.61. The van der Waals surface area contributed by atoms with Crippen LogP contribution in [0.5, 0.6) is 0 Å². The van der Waals surface area contributed by atoms with Crippen LogP contribution < -0.4 is 0 Å². The van der Waals surface area contributed by atoms with Gasteiger partial charge in [0.15, 0.2) is 0 Å². The van der Waals surface area contributed by atoms with E-state index in [4.69, 9.17) is 11.6 Å². The minimum atomic E-state index is -0.443. The van der Waals surface area contributed by atoms with Crippen LogP contribution in [0.25, 0.3) is 28.1 Å². The SMILES string of the molecule is Cc1cc(C=C(C#N)c2ccc3ccccc3c2)c(C)n1-c1ccc(F)c(Cl)c1. The summed E-state index contributed by atoms with van der Waals surface area (Å²) < 4.78 is 15.6. The standard InChI is InChI=1S/C25H18ClFN2/c1-16-11-21(17(2)29(16)23-9-10-25(27)24(26)14-23)13-22(15-28)20-8-7-18-5-3-4-6-19(18)12-20/h3-14H,1-2H3. The summed E-state index contributed by atoms with van der Waals surface area (Å²) >= 11 is 5.97. The van der Waals surface area contributed by atoms with Crippen LogP contribution in [-0.2, 0) is 0 Å². The number of nitriles is 1. The monoisotopic (exact) mass is 400 g/mol. The number of nitrogens with zero attached hydrogens (tertiary/aromatic N) is 2. The average Bonchev–Trinajstić information content (AvgIpc) is 3.01. The highest BCUT2D eigenvalue weighted by molar-refractivity contribution is 6.30. The van der Waals surface area contributed by atoms with Crippen LogP contribution in [0.2, 0.25) is 5.02 Å². The first kappa shape index (κ1) is 19.0. The molecule has 142 valence electrons. The maximum absolute atomic E-state index is 13.6. The third kappa shape index (κ3) is 3.55. The van der Waals surface area contributed by atoms with E-state index >= 15 is 0 Å². The lowest BCUT2D eigenvalue weighted by atomic mass is 10.0. The van der Waals surface area contributed by atoms with E-state index in [1.165, 1.54) is 6.07 Å². The Morgan fingerprint density at radius 2 is 1.76 bits per heavy atom. The third-order valence-corrected chi connectivity index (χ3v) is 5.40. The van der Waals surface area contributed by atoms with Crippen molar-refractivity contribution in [1.29, 1.82) is 5.26 Å². The second-order valence-corrected chi connectivity index (χ2v) is 7.40. The largest absolute Gasteiger partial charge is 0.318 e. The van der Waals surface area contributed by atoms with Crippen LogP contribution in [0.3, 0.4) is 0 Å². The Balaban J connectivity index is 1.80. The van der Waals surface area contributed by atoms with Gasteiger partial charge in [-0.25, -0.2) is 4.39 Å². The van der Waals surface area contributed by atoms with Crippen molar-refractivity contribution in [1.82, 2.24) is 4.57 Å². The zero-order valence-electron chi connectivity index (χ0n) is 16.1. The summed E-state index contributed by atoms with van der Waals surface area (Å²) in [6.45, 7) is 3.95. The number of hydrogen-bond donors (Lipinski definition) is 0. The number of benzene rings is 3. The fourth-order valence-corrected chi connectivity index (χ4v) is 3.82. The number of halogens is 2. The summed E-state index contributed by atoms with van der Waals surface area (Å²) in [5.74, 6) is -0.443. The first-order chi connectivity index (χ1) is 14.0. The van der Waals surface area contributed by atoms with Crippen LogP contribution in [0.15, 0.2) is 66.7 Å². The van der Waals surface area contributed by atoms with Crippen LogP contribution in [0.1, 0.15) is 22.5 Å². The van der Waals surface area contributed by atoms with Crippen molar-refractivity contribution < 1.29 is 4.39 Å². The minimum Gasteiger partial charge on any atom is -0.318 e. The molecule has 0 radical (unpaired) electrons. The molecule has 0 spiro atoms. The van der Waals surface area contributed by atoms with E-state index in [9.17, 15) is 9.65 Å². The van der Waals surface area contributed by atoms with Gasteiger partial charge in [0.1, 0.15) is 5.82 Å². The molecule has 0 saturated carbocycles. The lowest BCUT2D eigenvalue weighted by Crippen LogP contribution is -1.99. The Morgan fingerprint density at radius 1 is 1.00 bits per heavy atom. The predicted octanol–water partition coefficient (Wildman–Crippen LogP) is 7.10. The summed E-state index contributed by atoms with van der Waals surface area (Å²) in [5, 5.41) is 12.1. The molecule has 4 rings (SSSR count). The quantitative estimate of drug-likeness (QED) is 0.337. The van der Waals surface area contributed by atoms with Gasteiger partial charge in [0.2, 0.25) is 0 Å². The number of rotatable bonds is 3. The zero-order valence-corrected chi connectivity index (χ0v) is 16.8. The molecule has 0 aliphatic carbocycles.